The summed E-state index contributed by atoms with van der Waals surface area (Å²) in [6.45, 7) is 1.31. The largest absolute Gasteiger partial charge is 0.595 e. The SMILES string of the molecule is CC(=O)NC(=S)Nc1cc([NH+]([O-])O)ccc1Cl. The van der Waals surface area contributed by atoms with Crippen LogP contribution in [0.1, 0.15) is 6.92 Å². The van der Waals surface area contributed by atoms with Crippen molar-refractivity contribution in [1.29, 1.82) is 0 Å². The van der Waals surface area contributed by atoms with E-state index in [0.29, 0.717) is 10.7 Å². The van der Waals surface area contributed by atoms with Crippen LogP contribution < -0.4 is 15.9 Å². The molecule has 0 saturated heterocycles. The summed E-state index contributed by atoms with van der Waals surface area (Å²) in [5, 5.41) is 23.8. The van der Waals surface area contributed by atoms with Crippen LogP contribution in [0, 0.1) is 5.21 Å². The molecule has 6 nitrogen and oxygen atoms in total. The molecule has 17 heavy (non-hydrogen) atoms. The van der Waals surface area contributed by atoms with E-state index in [2.05, 4.69) is 10.6 Å². The van der Waals surface area contributed by atoms with Crippen molar-refractivity contribution in [3.05, 3.63) is 28.4 Å². The number of carbonyl (C=O) groups excluding carboxylic acids is 1. The molecule has 0 fully saturated rings. The number of anilines is 1. The van der Waals surface area contributed by atoms with Gasteiger partial charge in [0, 0.05) is 19.1 Å². The van der Waals surface area contributed by atoms with Gasteiger partial charge in [0.1, 0.15) is 0 Å². The lowest BCUT2D eigenvalue weighted by Crippen LogP contribution is -2.99. The highest BCUT2D eigenvalue weighted by Gasteiger charge is 2.08. The van der Waals surface area contributed by atoms with Crippen LogP contribution in [0.2, 0.25) is 5.02 Å². The summed E-state index contributed by atoms with van der Waals surface area (Å²) >= 11 is 10.7. The molecule has 0 radical (unpaired) electrons. The number of nitrogens with one attached hydrogen (secondary N) is 3. The predicted octanol–water partition coefficient (Wildman–Crippen LogP) is 0.576. The van der Waals surface area contributed by atoms with E-state index in [0.717, 1.165) is 0 Å². The number of carbonyl (C=O) groups is 1. The molecular weight excluding hydrogens is 266 g/mol. The minimum Gasteiger partial charge on any atom is -0.595 e. The Kier molecular flexibility index (Phi) is 4.79. The first-order valence-corrected chi connectivity index (χ1v) is 5.30. The number of hydrogen-bond donors (Lipinski definition) is 4. The van der Waals surface area contributed by atoms with Gasteiger partial charge in [-0.3, -0.25) is 4.79 Å². The van der Waals surface area contributed by atoms with Gasteiger partial charge in [0.15, 0.2) is 10.8 Å². The Morgan fingerprint density at radius 2 is 2.24 bits per heavy atom. The summed E-state index contributed by atoms with van der Waals surface area (Å²) in [7, 11) is 0. The molecule has 1 aromatic rings. The van der Waals surface area contributed by atoms with Crippen LogP contribution in [0.25, 0.3) is 0 Å². The zero-order valence-corrected chi connectivity index (χ0v) is 10.4. The van der Waals surface area contributed by atoms with Crippen molar-refractivity contribution in [3.63, 3.8) is 0 Å². The van der Waals surface area contributed by atoms with Gasteiger partial charge in [-0.05, 0) is 18.3 Å². The standard InChI is InChI=1S/C9H10ClN3O3S/c1-5(14)11-9(17)12-8-4-6(13(15)16)2-3-7(8)10/h2-4,13,15H,1H3,(H2,11,12,14,17). The Labute approximate surface area is 108 Å². The molecule has 0 saturated carbocycles. The molecular formula is C9H10ClN3O3S. The van der Waals surface area contributed by atoms with Gasteiger partial charge in [0.05, 0.1) is 10.7 Å². The minimum atomic E-state index is -1.07. The molecule has 8 heteroatoms. The molecule has 0 aliphatic heterocycles. The summed E-state index contributed by atoms with van der Waals surface area (Å²) in [5.74, 6) is -0.326. The lowest BCUT2D eigenvalue weighted by atomic mass is 10.3. The van der Waals surface area contributed by atoms with E-state index < -0.39 is 5.23 Å². The highest BCUT2D eigenvalue weighted by atomic mass is 35.5. The van der Waals surface area contributed by atoms with Crippen LogP contribution in [0.15, 0.2) is 18.2 Å². The first kappa shape index (κ1) is 13.8. The second-order valence-electron chi connectivity index (χ2n) is 3.14. The average Bonchev–Trinajstić information content (AvgIpc) is 2.19. The van der Waals surface area contributed by atoms with Crippen LogP contribution in [0.5, 0.6) is 0 Å². The van der Waals surface area contributed by atoms with Gasteiger partial charge >= 0.3 is 0 Å². The van der Waals surface area contributed by atoms with E-state index in [1.54, 1.807) is 0 Å². The third kappa shape index (κ3) is 4.25. The van der Waals surface area contributed by atoms with E-state index in [1.165, 1.54) is 25.1 Å². The van der Waals surface area contributed by atoms with Crippen LogP contribution in [0.3, 0.4) is 0 Å². The van der Waals surface area contributed by atoms with Crippen LogP contribution in [-0.2, 0) is 4.79 Å². The fraction of sp³-hybridized carbons (Fsp3) is 0.111. The Balaban J connectivity index is 2.86. The Morgan fingerprint density at radius 1 is 1.59 bits per heavy atom. The number of amides is 1. The van der Waals surface area contributed by atoms with Crippen molar-refractivity contribution in [3.8, 4) is 0 Å². The highest BCUT2D eigenvalue weighted by molar-refractivity contribution is 7.80. The van der Waals surface area contributed by atoms with Crippen molar-refractivity contribution >= 4 is 46.2 Å². The van der Waals surface area contributed by atoms with Crippen molar-refractivity contribution in [2.24, 2.45) is 0 Å². The fourth-order valence-electron chi connectivity index (χ4n) is 1.07. The summed E-state index contributed by atoms with van der Waals surface area (Å²) in [4.78, 5) is 10.7. The van der Waals surface area contributed by atoms with Gasteiger partial charge in [-0.25, -0.2) is 5.21 Å². The van der Waals surface area contributed by atoms with Crippen molar-refractivity contribution in [2.45, 2.75) is 6.92 Å². The average molecular weight is 276 g/mol. The lowest BCUT2D eigenvalue weighted by Gasteiger charge is -2.14. The first-order valence-electron chi connectivity index (χ1n) is 4.51. The maximum absolute atomic E-state index is 10.8. The maximum atomic E-state index is 10.8. The smallest absolute Gasteiger partial charge is 0.222 e. The van der Waals surface area contributed by atoms with Crippen LogP contribution in [0.4, 0.5) is 11.4 Å². The minimum absolute atomic E-state index is 0.0574. The van der Waals surface area contributed by atoms with E-state index >= 15 is 0 Å². The normalized spacial score (nSPS) is 11.8. The molecule has 0 aliphatic carbocycles. The Hall–Kier alpha value is -1.25. The Bertz CT molecular complexity index is 453. The van der Waals surface area contributed by atoms with Crippen molar-refractivity contribution in [1.82, 2.24) is 5.32 Å². The Morgan fingerprint density at radius 3 is 2.76 bits per heavy atom. The summed E-state index contributed by atoms with van der Waals surface area (Å²) < 4.78 is 0. The van der Waals surface area contributed by atoms with Gasteiger partial charge < -0.3 is 15.8 Å². The quantitative estimate of drug-likeness (QED) is 0.468. The van der Waals surface area contributed by atoms with Crippen LogP contribution in [-0.4, -0.2) is 16.2 Å². The summed E-state index contributed by atoms with van der Waals surface area (Å²) in [5.41, 5.74) is 0.396. The second kappa shape index (κ2) is 5.89. The van der Waals surface area contributed by atoms with Crippen molar-refractivity contribution in [2.75, 3.05) is 5.32 Å². The molecule has 0 spiro atoms. The molecule has 0 bridgehead atoms. The third-order valence-electron chi connectivity index (χ3n) is 1.75. The molecule has 4 N–H and O–H groups in total. The molecule has 1 rings (SSSR count). The maximum Gasteiger partial charge on any atom is 0.222 e. The molecule has 92 valence electrons. The molecule has 1 atom stereocenters. The molecule has 1 aromatic carbocycles. The molecule has 0 aliphatic rings. The molecule has 0 heterocycles. The van der Waals surface area contributed by atoms with Crippen molar-refractivity contribution < 1.29 is 15.2 Å². The van der Waals surface area contributed by atoms with Gasteiger partial charge in [-0.15, -0.1) is 0 Å². The topological polar surface area (TPSA) is 88.9 Å². The van der Waals surface area contributed by atoms with Gasteiger partial charge in [-0.2, -0.15) is 5.23 Å². The second-order valence-corrected chi connectivity index (χ2v) is 3.95. The predicted molar refractivity (Wildman–Crippen MR) is 67.3 cm³/mol. The molecule has 1 unspecified atom stereocenters. The highest BCUT2D eigenvalue weighted by Crippen LogP contribution is 2.23. The van der Waals surface area contributed by atoms with E-state index in [4.69, 9.17) is 29.0 Å². The number of quaternary nitrogens is 1. The number of hydrogen-bond acceptors (Lipinski definition) is 4. The number of thiocarbonyl (C=S) groups is 1. The first-order chi connectivity index (χ1) is 7.90. The van der Waals surface area contributed by atoms with E-state index in [9.17, 15) is 10.0 Å². The fourth-order valence-corrected chi connectivity index (χ4v) is 1.49. The van der Waals surface area contributed by atoms with Crippen LogP contribution >= 0.6 is 23.8 Å². The third-order valence-corrected chi connectivity index (χ3v) is 2.28. The number of halogens is 1. The molecule has 0 aromatic heterocycles. The zero-order chi connectivity index (χ0) is 13.0. The van der Waals surface area contributed by atoms with Gasteiger partial charge in [0.2, 0.25) is 5.91 Å². The zero-order valence-electron chi connectivity index (χ0n) is 8.78. The number of benzene rings is 1. The summed E-state index contributed by atoms with van der Waals surface area (Å²) in [6.07, 6.45) is 0. The summed E-state index contributed by atoms with van der Waals surface area (Å²) in [6, 6.07) is 4.14. The number of rotatable bonds is 2. The lowest BCUT2D eigenvalue weighted by molar-refractivity contribution is -0.991. The van der Waals surface area contributed by atoms with E-state index in [1.807, 2.05) is 0 Å². The monoisotopic (exact) mass is 275 g/mol. The molecule has 1 amide bonds. The van der Waals surface area contributed by atoms with E-state index in [-0.39, 0.29) is 16.7 Å². The van der Waals surface area contributed by atoms with Gasteiger partial charge in [-0.1, -0.05) is 11.6 Å². The van der Waals surface area contributed by atoms with Gasteiger partial charge in [0.25, 0.3) is 0 Å².